The van der Waals surface area contributed by atoms with Crippen LogP contribution in [0.4, 0.5) is 5.13 Å². The minimum Gasteiger partial charge on any atom is -0.348 e. The van der Waals surface area contributed by atoms with Crippen LogP contribution < -0.4 is 4.90 Å². The molecule has 0 aliphatic carbocycles. The Labute approximate surface area is 100 Å². The summed E-state index contributed by atoms with van der Waals surface area (Å²) in [5.74, 6) is 0. The Bertz CT molecular complexity index is 367. The third kappa shape index (κ3) is 2.26. The van der Waals surface area contributed by atoms with E-state index in [1.807, 2.05) is 0 Å². The molecule has 16 heavy (non-hydrogen) atoms. The van der Waals surface area contributed by atoms with E-state index in [9.17, 15) is 4.79 Å². The molecule has 0 radical (unpaired) electrons. The fourth-order valence-electron chi connectivity index (χ4n) is 2.07. The summed E-state index contributed by atoms with van der Waals surface area (Å²) in [5.41, 5.74) is 0.501. The number of rotatable bonds is 3. The van der Waals surface area contributed by atoms with Gasteiger partial charge < -0.3 is 4.90 Å². The fraction of sp³-hybridized carbons (Fsp3) is 0.667. The molecule has 4 heteroatoms. The smallest absolute Gasteiger partial charge is 0.185 e. The van der Waals surface area contributed by atoms with E-state index in [1.165, 1.54) is 30.6 Å². The minimum atomic E-state index is 0.501. The molecular formula is C12H18N2OS. The molecule has 0 aromatic carbocycles. The number of anilines is 1. The molecule has 0 amide bonds. The second kappa shape index (κ2) is 4.53. The molecule has 0 saturated carbocycles. The van der Waals surface area contributed by atoms with Crippen LogP contribution in [0.5, 0.6) is 0 Å². The maximum Gasteiger partial charge on any atom is 0.185 e. The number of thiazole rings is 1. The second-order valence-electron chi connectivity index (χ2n) is 4.81. The van der Waals surface area contributed by atoms with Gasteiger partial charge in [-0.1, -0.05) is 31.6 Å². The van der Waals surface area contributed by atoms with Gasteiger partial charge in [0, 0.05) is 13.1 Å². The first-order chi connectivity index (χ1) is 7.67. The van der Waals surface area contributed by atoms with Gasteiger partial charge in [-0.15, -0.1) is 0 Å². The normalized spacial score (nSPS) is 19.8. The quantitative estimate of drug-likeness (QED) is 0.759. The number of nitrogens with zero attached hydrogens (tertiary/aromatic N) is 2. The highest BCUT2D eigenvalue weighted by atomic mass is 32.1. The number of hydrogen-bond acceptors (Lipinski definition) is 4. The van der Waals surface area contributed by atoms with Gasteiger partial charge >= 0.3 is 0 Å². The zero-order chi connectivity index (χ0) is 11.6. The molecule has 0 spiro atoms. The molecule has 1 aromatic rings. The van der Waals surface area contributed by atoms with Gasteiger partial charge in [-0.25, -0.2) is 4.98 Å². The summed E-state index contributed by atoms with van der Waals surface area (Å²) >= 11 is 1.49. The van der Waals surface area contributed by atoms with Gasteiger partial charge in [0.1, 0.15) is 0 Å². The van der Waals surface area contributed by atoms with E-state index in [1.54, 1.807) is 6.20 Å². The van der Waals surface area contributed by atoms with Crippen LogP contribution in [-0.2, 0) is 0 Å². The molecule has 1 aliphatic heterocycles. The predicted molar refractivity (Wildman–Crippen MR) is 67.3 cm³/mol. The van der Waals surface area contributed by atoms with Crippen LogP contribution in [0.2, 0.25) is 0 Å². The fourth-order valence-corrected chi connectivity index (χ4v) is 2.85. The van der Waals surface area contributed by atoms with Gasteiger partial charge in [0.15, 0.2) is 11.4 Å². The molecule has 2 heterocycles. The van der Waals surface area contributed by atoms with Crippen LogP contribution in [0.1, 0.15) is 42.8 Å². The summed E-state index contributed by atoms with van der Waals surface area (Å²) in [4.78, 5) is 17.9. The van der Waals surface area contributed by atoms with Gasteiger partial charge in [-0.3, -0.25) is 4.79 Å². The van der Waals surface area contributed by atoms with E-state index < -0.39 is 0 Å². The monoisotopic (exact) mass is 238 g/mol. The summed E-state index contributed by atoms with van der Waals surface area (Å²) in [7, 11) is 0. The first-order valence-corrected chi connectivity index (χ1v) is 6.64. The van der Waals surface area contributed by atoms with Crippen molar-refractivity contribution in [3.05, 3.63) is 11.1 Å². The zero-order valence-corrected chi connectivity index (χ0v) is 10.7. The summed E-state index contributed by atoms with van der Waals surface area (Å²) in [6, 6.07) is 0. The molecule has 0 N–H and O–H groups in total. The predicted octanol–water partition coefficient (Wildman–Crippen LogP) is 2.97. The van der Waals surface area contributed by atoms with E-state index in [4.69, 9.17) is 0 Å². The van der Waals surface area contributed by atoms with Crippen molar-refractivity contribution in [2.75, 3.05) is 18.0 Å². The Morgan fingerprint density at radius 2 is 2.25 bits per heavy atom. The number of piperidine rings is 1. The molecule has 0 atom stereocenters. The topological polar surface area (TPSA) is 33.2 Å². The number of hydrogen-bond donors (Lipinski definition) is 0. The lowest BCUT2D eigenvalue weighted by Crippen LogP contribution is -2.38. The first kappa shape index (κ1) is 11.6. The number of aldehydes is 1. The number of carbonyl (C=O) groups is 1. The number of carbonyl (C=O) groups excluding carboxylic acids is 1. The van der Waals surface area contributed by atoms with Gasteiger partial charge in [0.2, 0.25) is 0 Å². The minimum absolute atomic E-state index is 0.501. The third-order valence-corrected chi connectivity index (χ3v) is 4.71. The maximum atomic E-state index is 10.6. The summed E-state index contributed by atoms with van der Waals surface area (Å²) in [6.07, 6.45) is 6.24. The molecular weight excluding hydrogens is 220 g/mol. The van der Waals surface area contributed by atoms with Crippen molar-refractivity contribution < 1.29 is 4.79 Å². The largest absolute Gasteiger partial charge is 0.348 e. The summed E-state index contributed by atoms with van der Waals surface area (Å²) < 4.78 is 0. The van der Waals surface area contributed by atoms with E-state index in [-0.39, 0.29) is 0 Å². The number of aromatic nitrogens is 1. The van der Waals surface area contributed by atoms with Gasteiger partial charge in [-0.2, -0.15) is 0 Å². The summed E-state index contributed by atoms with van der Waals surface area (Å²) in [6.45, 7) is 6.76. The summed E-state index contributed by atoms with van der Waals surface area (Å²) in [5, 5.41) is 1.00. The van der Waals surface area contributed by atoms with Gasteiger partial charge in [-0.05, 0) is 18.3 Å². The molecule has 1 fully saturated rings. The molecule has 0 bridgehead atoms. The zero-order valence-electron chi connectivity index (χ0n) is 9.90. The highest BCUT2D eigenvalue weighted by Gasteiger charge is 2.29. The lowest BCUT2D eigenvalue weighted by Gasteiger charge is -2.38. The Morgan fingerprint density at radius 3 is 2.75 bits per heavy atom. The molecule has 1 saturated heterocycles. The Balaban J connectivity index is 2.01. The first-order valence-electron chi connectivity index (χ1n) is 5.83. The van der Waals surface area contributed by atoms with Crippen molar-refractivity contribution in [2.24, 2.45) is 5.41 Å². The molecule has 1 aliphatic rings. The SMILES string of the molecule is CCC1(C)CCN(c2ncc(C=O)s2)CC1. The molecule has 2 rings (SSSR count). The Hall–Kier alpha value is -0.900. The van der Waals surface area contributed by atoms with Gasteiger partial charge in [0.05, 0.1) is 11.1 Å². The average molecular weight is 238 g/mol. The molecule has 88 valence electrons. The van der Waals surface area contributed by atoms with Crippen molar-refractivity contribution in [1.29, 1.82) is 0 Å². The lowest BCUT2D eigenvalue weighted by molar-refractivity contribution is 0.112. The van der Waals surface area contributed by atoms with Crippen LogP contribution in [0.25, 0.3) is 0 Å². The van der Waals surface area contributed by atoms with Crippen LogP contribution >= 0.6 is 11.3 Å². The standard InChI is InChI=1S/C12H18N2OS/c1-3-12(2)4-6-14(7-5-12)11-13-8-10(9-15)16-11/h8-9H,3-7H2,1-2H3. The van der Waals surface area contributed by atoms with E-state index in [2.05, 4.69) is 23.7 Å². The van der Waals surface area contributed by atoms with Crippen molar-refractivity contribution in [3.8, 4) is 0 Å². The Morgan fingerprint density at radius 1 is 1.56 bits per heavy atom. The highest BCUT2D eigenvalue weighted by molar-refractivity contribution is 7.17. The van der Waals surface area contributed by atoms with Crippen molar-refractivity contribution in [2.45, 2.75) is 33.1 Å². The van der Waals surface area contributed by atoms with Crippen LogP contribution in [-0.4, -0.2) is 24.4 Å². The average Bonchev–Trinajstić information content (AvgIpc) is 2.79. The van der Waals surface area contributed by atoms with E-state index in [0.29, 0.717) is 5.41 Å². The van der Waals surface area contributed by atoms with Crippen LogP contribution in [0.15, 0.2) is 6.20 Å². The highest BCUT2D eigenvalue weighted by Crippen LogP contribution is 2.36. The van der Waals surface area contributed by atoms with Crippen molar-refractivity contribution in [3.63, 3.8) is 0 Å². The second-order valence-corrected chi connectivity index (χ2v) is 5.85. The molecule has 1 aromatic heterocycles. The molecule has 3 nitrogen and oxygen atoms in total. The van der Waals surface area contributed by atoms with Gasteiger partial charge in [0.25, 0.3) is 0 Å². The van der Waals surface area contributed by atoms with Crippen LogP contribution in [0.3, 0.4) is 0 Å². The van der Waals surface area contributed by atoms with E-state index in [0.717, 1.165) is 29.4 Å². The Kier molecular flexibility index (Phi) is 3.28. The lowest BCUT2D eigenvalue weighted by atomic mass is 9.78. The van der Waals surface area contributed by atoms with Crippen molar-refractivity contribution >= 4 is 22.8 Å². The molecule has 0 unspecified atom stereocenters. The van der Waals surface area contributed by atoms with Crippen LogP contribution in [0, 0.1) is 5.41 Å². The maximum absolute atomic E-state index is 10.6. The van der Waals surface area contributed by atoms with Crippen molar-refractivity contribution in [1.82, 2.24) is 4.98 Å². The third-order valence-electron chi connectivity index (χ3n) is 3.72. The van der Waals surface area contributed by atoms with E-state index >= 15 is 0 Å².